The van der Waals surface area contributed by atoms with Crippen LogP contribution in [0.25, 0.3) is 4.85 Å². The summed E-state index contributed by atoms with van der Waals surface area (Å²) < 4.78 is 4.64. The maximum absolute atomic E-state index is 8.26. The molecule has 1 rings (SSSR count). The van der Waals surface area contributed by atoms with E-state index in [4.69, 9.17) is 11.6 Å². The molecule has 53 valence electrons. The Labute approximate surface area is 65.4 Å². The SMILES string of the molecule is [C-]#[N+]c1cccc(O[B]O)c1. The highest BCUT2D eigenvalue weighted by Crippen LogP contribution is 2.18. The largest absolute Gasteiger partial charge is 0.569 e. The van der Waals surface area contributed by atoms with Crippen LogP contribution in [0.15, 0.2) is 24.3 Å². The third kappa shape index (κ3) is 1.99. The summed E-state index contributed by atoms with van der Waals surface area (Å²) in [5.41, 5.74) is 0.490. The molecule has 3 nitrogen and oxygen atoms in total. The van der Waals surface area contributed by atoms with Crippen molar-refractivity contribution in [3.8, 4) is 5.75 Å². The summed E-state index contributed by atoms with van der Waals surface area (Å²) in [6.07, 6.45) is 0. The molecule has 0 amide bonds. The van der Waals surface area contributed by atoms with Gasteiger partial charge < -0.3 is 9.68 Å². The summed E-state index contributed by atoms with van der Waals surface area (Å²) in [5, 5.41) is 8.26. The summed E-state index contributed by atoms with van der Waals surface area (Å²) in [5.74, 6) is 0.459. The zero-order valence-electron chi connectivity index (χ0n) is 5.69. The van der Waals surface area contributed by atoms with Gasteiger partial charge in [0.1, 0.15) is 0 Å². The van der Waals surface area contributed by atoms with Gasteiger partial charge in [-0.1, -0.05) is 12.1 Å². The normalized spacial score (nSPS) is 8.36. The number of benzene rings is 1. The van der Waals surface area contributed by atoms with E-state index in [1.807, 2.05) is 0 Å². The van der Waals surface area contributed by atoms with Crippen molar-refractivity contribution in [2.75, 3.05) is 0 Å². The maximum Gasteiger partial charge on any atom is 0.569 e. The van der Waals surface area contributed by atoms with Crippen LogP contribution < -0.4 is 4.65 Å². The number of nitrogens with zero attached hydrogens (tertiary/aromatic N) is 1. The molecule has 1 N–H and O–H groups in total. The minimum Gasteiger partial charge on any atom is -0.538 e. The van der Waals surface area contributed by atoms with Crippen LogP contribution in [0.5, 0.6) is 5.75 Å². The Morgan fingerprint density at radius 3 is 3.00 bits per heavy atom. The first-order valence-corrected chi connectivity index (χ1v) is 2.97. The molecular weight excluding hydrogens is 141 g/mol. The van der Waals surface area contributed by atoms with E-state index in [-0.39, 0.29) is 0 Å². The number of hydrogen-bond donors (Lipinski definition) is 1. The van der Waals surface area contributed by atoms with Crippen molar-refractivity contribution in [3.05, 3.63) is 35.7 Å². The fraction of sp³-hybridized carbons (Fsp3) is 0. The molecule has 0 bridgehead atoms. The zero-order chi connectivity index (χ0) is 8.10. The summed E-state index contributed by atoms with van der Waals surface area (Å²) in [6.45, 7) is 6.67. The van der Waals surface area contributed by atoms with Crippen molar-refractivity contribution in [2.24, 2.45) is 0 Å². The van der Waals surface area contributed by atoms with Gasteiger partial charge in [0.15, 0.2) is 5.69 Å². The summed E-state index contributed by atoms with van der Waals surface area (Å²) in [7, 11) is 0.586. The van der Waals surface area contributed by atoms with Crippen LogP contribution in [0.1, 0.15) is 0 Å². The summed E-state index contributed by atoms with van der Waals surface area (Å²) in [4.78, 5) is 3.19. The predicted octanol–water partition coefficient (Wildman–Crippen LogP) is 1.14. The lowest BCUT2D eigenvalue weighted by atomic mass is 10.3. The molecule has 0 spiro atoms. The maximum atomic E-state index is 8.26. The molecule has 4 heteroatoms. The van der Waals surface area contributed by atoms with Gasteiger partial charge in [-0.2, -0.15) is 0 Å². The molecule has 0 atom stereocenters. The molecule has 0 aliphatic carbocycles. The van der Waals surface area contributed by atoms with Crippen LogP contribution in [0.2, 0.25) is 0 Å². The van der Waals surface area contributed by atoms with E-state index in [1.54, 1.807) is 24.3 Å². The first kappa shape index (κ1) is 7.64. The fourth-order valence-corrected chi connectivity index (χ4v) is 0.687. The van der Waals surface area contributed by atoms with Gasteiger partial charge in [0, 0.05) is 0 Å². The van der Waals surface area contributed by atoms with Gasteiger partial charge in [-0.3, -0.25) is 0 Å². The first-order chi connectivity index (χ1) is 5.36. The highest BCUT2D eigenvalue weighted by atomic mass is 16.5. The molecule has 0 saturated carbocycles. The van der Waals surface area contributed by atoms with E-state index in [0.29, 0.717) is 19.1 Å². The predicted molar refractivity (Wildman–Crippen MR) is 41.3 cm³/mol. The molecule has 1 aromatic rings. The highest BCUT2D eigenvalue weighted by Gasteiger charge is 1.94. The summed E-state index contributed by atoms with van der Waals surface area (Å²) in [6, 6.07) is 6.55. The smallest absolute Gasteiger partial charge is 0.538 e. The molecule has 0 aliphatic heterocycles. The third-order valence-corrected chi connectivity index (χ3v) is 1.14. The van der Waals surface area contributed by atoms with Crippen molar-refractivity contribution in [3.63, 3.8) is 0 Å². The molecule has 0 aliphatic rings. The molecular formula is C7H5BNO2. The highest BCUT2D eigenvalue weighted by molar-refractivity contribution is 6.17. The Morgan fingerprint density at radius 1 is 1.55 bits per heavy atom. The molecule has 1 radical (unpaired) electrons. The Kier molecular flexibility index (Phi) is 2.53. The number of rotatable bonds is 2. The Balaban J connectivity index is 2.85. The van der Waals surface area contributed by atoms with Crippen LogP contribution in [-0.4, -0.2) is 12.7 Å². The standard InChI is InChI=1S/C7H5BNO2/c1-9-6-3-2-4-7(5-6)11-8-10/h2-5,10H. The van der Waals surface area contributed by atoms with E-state index in [0.717, 1.165) is 0 Å². The third-order valence-electron chi connectivity index (χ3n) is 1.14. The lowest BCUT2D eigenvalue weighted by Gasteiger charge is -1.99. The molecule has 0 fully saturated rings. The second-order valence-corrected chi connectivity index (χ2v) is 1.83. The van der Waals surface area contributed by atoms with Crippen LogP contribution in [0, 0.1) is 6.57 Å². The Morgan fingerprint density at radius 2 is 2.36 bits per heavy atom. The zero-order valence-corrected chi connectivity index (χ0v) is 5.69. The van der Waals surface area contributed by atoms with Crippen molar-refractivity contribution >= 4 is 13.4 Å². The molecule has 0 saturated heterocycles. The molecule has 0 unspecified atom stereocenters. The van der Waals surface area contributed by atoms with Gasteiger partial charge >= 0.3 is 7.69 Å². The second kappa shape index (κ2) is 3.64. The van der Waals surface area contributed by atoms with E-state index in [1.165, 1.54) is 0 Å². The van der Waals surface area contributed by atoms with E-state index in [2.05, 4.69) is 9.50 Å². The van der Waals surface area contributed by atoms with Gasteiger partial charge in [-0.05, 0) is 12.1 Å². The van der Waals surface area contributed by atoms with Crippen molar-refractivity contribution in [1.29, 1.82) is 0 Å². The second-order valence-electron chi connectivity index (χ2n) is 1.83. The fourth-order valence-electron chi connectivity index (χ4n) is 0.687. The van der Waals surface area contributed by atoms with Gasteiger partial charge in [-0.25, -0.2) is 4.85 Å². The lowest BCUT2D eigenvalue weighted by Crippen LogP contribution is -1.98. The molecule has 11 heavy (non-hydrogen) atoms. The minimum absolute atomic E-state index is 0.459. The van der Waals surface area contributed by atoms with Gasteiger partial charge in [0.2, 0.25) is 0 Å². The molecule has 0 aromatic heterocycles. The van der Waals surface area contributed by atoms with Crippen LogP contribution in [0.3, 0.4) is 0 Å². The first-order valence-electron chi connectivity index (χ1n) is 2.97. The van der Waals surface area contributed by atoms with E-state index < -0.39 is 0 Å². The van der Waals surface area contributed by atoms with Gasteiger partial charge in [0.05, 0.1) is 12.3 Å². The molecule has 1 aromatic carbocycles. The lowest BCUT2D eigenvalue weighted by molar-refractivity contribution is 0.454. The minimum atomic E-state index is 0.459. The quantitative estimate of drug-likeness (QED) is 0.501. The van der Waals surface area contributed by atoms with Crippen molar-refractivity contribution in [2.45, 2.75) is 0 Å². The van der Waals surface area contributed by atoms with Crippen LogP contribution >= 0.6 is 0 Å². The monoisotopic (exact) mass is 146 g/mol. The van der Waals surface area contributed by atoms with Crippen LogP contribution in [0.4, 0.5) is 5.69 Å². The van der Waals surface area contributed by atoms with Crippen LogP contribution in [-0.2, 0) is 0 Å². The van der Waals surface area contributed by atoms with E-state index in [9.17, 15) is 0 Å². The van der Waals surface area contributed by atoms with Crippen molar-refractivity contribution in [1.82, 2.24) is 0 Å². The van der Waals surface area contributed by atoms with Gasteiger partial charge in [0.25, 0.3) is 0 Å². The topological polar surface area (TPSA) is 33.8 Å². The Bertz CT molecular complexity index is 282. The van der Waals surface area contributed by atoms with Crippen molar-refractivity contribution < 1.29 is 9.68 Å². The average molecular weight is 146 g/mol. The average Bonchev–Trinajstić information content (AvgIpc) is 2.06. The Hall–Kier alpha value is -1.47. The summed E-state index contributed by atoms with van der Waals surface area (Å²) >= 11 is 0. The van der Waals surface area contributed by atoms with E-state index >= 15 is 0 Å². The number of hydrogen-bond acceptors (Lipinski definition) is 2. The molecule has 0 heterocycles. The van der Waals surface area contributed by atoms with Gasteiger partial charge in [-0.15, -0.1) is 0 Å².